The van der Waals surface area contributed by atoms with E-state index in [1.807, 2.05) is 30.1 Å². The van der Waals surface area contributed by atoms with E-state index in [2.05, 4.69) is 21.4 Å². The molecule has 1 atom stereocenters. The van der Waals surface area contributed by atoms with Gasteiger partial charge in [0.05, 0.1) is 24.2 Å². The summed E-state index contributed by atoms with van der Waals surface area (Å²) in [7, 11) is 4.07. The van der Waals surface area contributed by atoms with Crippen LogP contribution in [0.25, 0.3) is 11.0 Å². The second-order valence-electron chi connectivity index (χ2n) is 7.67. The number of carbonyl (C=O) groups is 1. The van der Waals surface area contributed by atoms with Gasteiger partial charge in [0.25, 0.3) is 5.91 Å². The van der Waals surface area contributed by atoms with Crippen LogP contribution in [0, 0.1) is 0 Å². The molecule has 8 heteroatoms. The van der Waals surface area contributed by atoms with Crippen LogP contribution in [0.3, 0.4) is 0 Å². The van der Waals surface area contributed by atoms with Crippen LogP contribution in [0.1, 0.15) is 16.8 Å². The number of aliphatic hydroxyl groups excluding tert-OH is 1. The summed E-state index contributed by atoms with van der Waals surface area (Å²) in [4.78, 5) is 24.2. The molecule has 2 aliphatic heterocycles. The number of fused-ring (bicyclic) bond motifs is 1. The maximum absolute atomic E-state index is 13.1. The van der Waals surface area contributed by atoms with Crippen molar-refractivity contribution in [1.29, 1.82) is 0 Å². The first kappa shape index (κ1) is 19.2. The van der Waals surface area contributed by atoms with Crippen LogP contribution < -0.4 is 4.90 Å². The quantitative estimate of drug-likeness (QED) is 0.826. The van der Waals surface area contributed by atoms with Gasteiger partial charge in [-0.25, -0.2) is 4.98 Å². The predicted octanol–water partition coefficient (Wildman–Crippen LogP) is 0.549. The van der Waals surface area contributed by atoms with Gasteiger partial charge >= 0.3 is 0 Å². The standard InChI is InChI=1S/C20H29N5O3/c1-22-6-7-25(14-16(22)5-10-26)19(27)15-3-4-18-17(13-15)21-20(23(18)2)24-8-11-28-12-9-24/h3-4,13,16,26H,5-12,14H2,1-2H3. The van der Waals surface area contributed by atoms with Gasteiger partial charge in [-0.3, -0.25) is 9.69 Å². The molecular formula is C20H29N5O3. The Hall–Kier alpha value is -2.16. The van der Waals surface area contributed by atoms with E-state index >= 15 is 0 Å². The molecule has 1 aromatic carbocycles. The number of carbonyl (C=O) groups excluding carboxylic acids is 1. The lowest BCUT2D eigenvalue weighted by molar-refractivity contribution is 0.0501. The molecule has 1 amide bonds. The molecular weight excluding hydrogens is 358 g/mol. The highest BCUT2D eigenvalue weighted by atomic mass is 16.5. The van der Waals surface area contributed by atoms with Crippen molar-refractivity contribution in [2.24, 2.45) is 7.05 Å². The van der Waals surface area contributed by atoms with Gasteiger partial charge in [-0.1, -0.05) is 0 Å². The molecule has 2 aromatic rings. The molecule has 1 aromatic heterocycles. The lowest BCUT2D eigenvalue weighted by Crippen LogP contribution is -2.53. The summed E-state index contributed by atoms with van der Waals surface area (Å²) in [5, 5.41) is 9.28. The lowest BCUT2D eigenvalue weighted by Gasteiger charge is -2.39. The lowest BCUT2D eigenvalue weighted by atomic mass is 10.1. The number of benzene rings is 1. The third kappa shape index (κ3) is 3.59. The summed E-state index contributed by atoms with van der Waals surface area (Å²) < 4.78 is 7.52. The van der Waals surface area contributed by atoms with E-state index in [4.69, 9.17) is 9.72 Å². The van der Waals surface area contributed by atoms with Crippen molar-refractivity contribution in [3.8, 4) is 0 Å². The third-order valence-corrected chi connectivity index (χ3v) is 5.92. The van der Waals surface area contributed by atoms with Crippen LogP contribution in [0.5, 0.6) is 0 Å². The number of anilines is 1. The highest BCUT2D eigenvalue weighted by Gasteiger charge is 2.28. The Balaban J connectivity index is 1.56. The topological polar surface area (TPSA) is 74.1 Å². The molecule has 2 saturated heterocycles. The Kier molecular flexibility index (Phi) is 5.52. The summed E-state index contributed by atoms with van der Waals surface area (Å²) in [5.41, 5.74) is 2.54. The van der Waals surface area contributed by atoms with Crippen molar-refractivity contribution in [2.75, 3.05) is 64.5 Å². The number of aliphatic hydroxyl groups is 1. The molecule has 0 aliphatic carbocycles. The molecule has 1 unspecified atom stereocenters. The Morgan fingerprint density at radius 2 is 2.00 bits per heavy atom. The number of hydrogen-bond acceptors (Lipinski definition) is 6. The number of amides is 1. The minimum absolute atomic E-state index is 0.0384. The number of nitrogens with zero attached hydrogens (tertiary/aromatic N) is 5. The Morgan fingerprint density at radius 1 is 1.21 bits per heavy atom. The first-order valence-electron chi connectivity index (χ1n) is 9.98. The van der Waals surface area contributed by atoms with Crippen molar-refractivity contribution in [3.05, 3.63) is 23.8 Å². The van der Waals surface area contributed by atoms with Crippen LogP contribution in [-0.2, 0) is 11.8 Å². The zero-order valence-electron chi connectivity index (χ0n) is 16.7. The van der Waals surface area contributed by atoms with Gasteiger partial charge in [-0.15, -0.1) is 0 Å². The molecule has 0 spiro atoms. The molecule has 0 bridgehead atoms. The van der Waals surface area contributed by atoms with Gasteiger partial charge in [0.15, 0.2) is 0 Å². The number of piperazine rings is 1. The maximum Gasteiger partial charge on any atom is 0.254 e. The fourth-order valence-corrected chi connectivity index (χ4v) is 4.14. The monoisotopic (exact) mass is 387 g/mol. The zero-order chi connectivity index (χ0) is 19.7. The maximum atomic E-state index is 13.1. The molecule has 2 fully saturated rings. The van der Waals surface area contributed by atoms with Crippen LogP contribution in [-0.4, -0.2) is 96.0 Å². The van der Waals surface area contributed by atoms with Gasteiger partial charge in [0, 0.05) is 58.0 Å². The fourth-order valence-electron chi connectivity index (χ4n) is 4.14. The van der Waals surface area contributed by atoms with Gasteiger partial charge < -0.3 is 24.2 Å². The average Bonchev–Trinajstić information content (AvgIpc) is 3.06. The number of aromatic nitrogens is 2. The molecule has 0 radical (unpaired) electrons. The number of imidazole rings is 1. The summed E-state index contributed by atoms with van der Waals surface area (Å²) in [6.45, 7) is 5.40. The number of aryl methyl sites for hydroxylation is 1. The van der Waals surface area contributed by atoms with E-state index in [1.165, 1.54) is 0 Å². The molecule has 3 heterocycles. The molecule has 2 aliphatic rings. The Bertz CT molecular complexity index is 846. The minimum Gasteiger partial charge on any atom is -0.396 e. The summed E-state index contributed by atoms with van der Waals surface area (Å²) in [5.74, 6) is 0.960. The molecule has 8 nitrogen and oxygen atoms in total. The van der Waals surface area contributed by atoms with E-state index < -0.39 is 0 Å². The van der Waals surface area contributed by atoms with Crippen LogP contribution >= 0.6 is 0 Å². The minimum atomic E-state index is 0.0384. The molecule has 1 N–H and O–H groups in total. The summed E-state index contributed by atoms with van der Waals surface area (Å²) in [6, 6.07) is 5.99. The van der Waals surface area contributed by atoms with E-state index in [-0.39, 0.29) is 18.6 Å². The molecule has 0 saturated carbocycles. The smallest absolute Gasteiger partial charge is 0.254 e. The van der Waals surface area contributed by atoms with E-state index in [0.717, 1.165) is 36.6 Å². The SMILES string of the molecule is CN1CCN(C(=O)c2ccc3c(c2)nc(N2CCOCC2)n3C)CC1CCO. The van der Waals surface area contributed by atoms with E-state index in [1.54, 1.807) is 0 Å². The second kappa shape index (κ2) is 8.06. The summed E-state index contributed by atoms with van der Waals surface area (Å²) >= 11 is 0. The van der Waals surface area contributed by atoms with Crippen molar-refractivity contribution < 1.29 is 14.6 Å². The van der Waals surface area contributed by atoms with Crippen molar-refractivity contribution in [3.63, 3.8) is 0 Å². The normalized spacial score (nSPS) is 21.5. The van der Waals surface area contributed by atoms with Gasteiger partial charge in [-0.05, 0) is 31.7 Å². The van der Waals surface area contributed by atoms with E-state index in [0.29, 0.717) is 38.3 Å². The van der Waals surface area contributed by atoms with Crippen molar-refractivity contribution in [1.82, 2.24) is 19.4 Å². The van der Waals surface area contributed by atoms with Gasteiger partial charge in [-0.2, -0.15) is 0 Å². The van der Waals surface area contributed by atoms with Crippen LogP contribution in [0.4, 0.5) is 5.95 Å². The number of rotatable bonds is 4. The second-order valence-corrected chi connectivity index (χ2v) is 7.67. The Morgan fingerprint density at radius 3 is 2.75 bits per heavy atom. The molecule has 28 heavy (non-hydrogen) atoms. The van der Waals surface area contributed by atoms with Gasteiger partial charge in [0.1, 0.15) is 0 Å². The van der Waals surface area contributed by atoms with Crippen molar-refractivity contribution in [2.45, 2.75) is 12.5 Å². The average molecular weight is 387 g/mol. The Labute approximate surface area is 165 Å². The first-order chi connectivity index (χ1) is 13.6. The number of hydrogen-bond donors (Lipinski definition) is 1. The highest BCUT2D eigenvalue weighted by Crippen LogP contribution is 2.24. The first-order valence-corrected chi connectivity index (χ1v) is 9.98. The zero-order valence-corrected chi connectivity index (χ0v) is 16.7. The van der Waals surface area contributed by atoms with Crippen molar-refractivity contribution >= 4 is 22.9 Å². The van der Waals surface area contributed by atoms with Crippen LogP contribution in [0.15, 0.2) is 18.2 Å². The summed E-state index contributed by atoms with van der Waals surface area (Å²) in [6.07, 6.45) is 0.683. The molecule has 152 valence electrons. The predicted molar refractivity (Wildman–Crippen MR) is 108 cm³/mol. The number of likely N-dealkylation sites (N-methyl/N-ethyl adjacent to an activating group) is 1. The number of ether oxygens (including phenoxy) is 1. The number of morpholine rings is 1. The van der Waals surface area contributed by atoms with Gasteiger partial charge in [0.2, 0.25) is 5.95 Å². The molecule has 4 rings (SSSR count). The van der Waals surface area contributed by atoms with Crippen LogP contribution in [0.2, 0.25) is 0 Å². The fraction of sp³-hybridized carbons (Fsp3) is 0.600. The van der Waals surface area contributed by atoms with E-state index in [9.17, 15) is 9.90 Å². The third-order valence-electron chi connectivity index (χ3n) is 5.92. The highest BCUT2D eigenvalue weighted by molar-refractivity contribution is 5.97. The largest absolute Gasteiger partial charge is 0.396 e.